The highest BCUT2D eigenvalue weighted by Crippen LogP contribution is 2.43. The fraction of sp³-hybridized carbons (Fsp3) is 0.333. The van der Waals surface area contributed by atoms with E-state index in [1.807, 2.05) is 0 Å². The van der Waals surface area contributed by atoms with Gasteiger partial charge in [0, 0.05) is 12.1 Å². The molecule has 1 aliphatic carbocycles. The van der Waals surface area contributed by atoms with E-state index < -0.39 is 4.92 Å². The van der Waals surface area contributed by atoms with Crippen molar-refractivity contribution in [3.63, 3.8) is 0 Å². The number of non-ortho nitro benzene ring substituents is 1. The van der Waals surface area contributed by atoms with Gasteiger partial charge in [-0.2, -0.15) is 0 Å². The van der Waals surface area contributed by atoms with Crippen LogP contribution in [0.4, 0.5) is 5.69 Å². The molecule has 0 amide bonds. The minimum absolute atomic E-state index is 0.0643. The molecule has 0 atom stereocenters. The number of hydrogen-bond donors (Lipinski definition) is 0. The second kappa shape index (κ2) is 3.00. The summed E-state index contributed by atoms with van der Waals surface area (Å²) in [4.78, 5) is 9.97. The molecule has 0 N–H and O–H groups in total. The molecule has 1 aromatic rings. The summed E-state index contributed by atoms with van der Waals surface area (Å²) in [7, 11) is 0. The van der Waals surface area contributed by atoms with Gasteiger partial charge >= 0.3 is 0 Å². The van der Waals surface area contributed by atoms with Crippen molar-refractivity contribution in [1.82, 2.24) is 0 Å². The van der Waals surface area contributed by atoms with Gasteiger partial charge in [-0.05, 0) is 24.3 Å². The number of nitro groups is 1. The van der Waals surface area contributed by atoms with Gasteiger partial charge in [-0.3, -0.25) is 10.1 Å². The fourth-order valence-electron chi connectivity index (χ4n) is 1.36. The number of nitro benzene ring substituents is 1. The van der Waals surface area contributed by atoms with Crippen LogP contribution in [-0.2, 0) is 0 Å². The monoisotopic (exact) mass is 197 g/mol. The summed E-state index contributed by atoms with van der Waals surface area (Å²) in [5.74, 6) is 0.535. The Bertz CT molecular complexity index is 361. The average Bonchev–Trinajstić information content (AvgIpc) is 2.87. The first-order valence-electron chi connectivity index (χ1n) is 4.12. The van der Waals surface area contributed by atoms with Crippen LogP contribution in [0.15, 0.2) is 18.2 Å². The van der Waals surface area contributed by atoms with E-state index in [9.17, 15) is 10.1 Å². The highest BCUT2D eigenvalue weighted by Gasteiger charge is 2.26. The van der Waals surface area contributed by atoms with E-state index >= 15 is 0 Å². The number of hydrogen-bond acceptors (Lipinski definition) is 2. The molecule has 68 valence electrons. The van der Waals surface area contributed by atoms with Gasteiger partial charge in [-0.15, -0.1) is 0 Å². The highest BCUT2D eigenvalue weighted by atomic mass is 35.5. The molecule has 1 aromatic carbocycles. The minimum Gasteiger partial charge on any atom is -0.258 e. The van der Waals surface area contributed by atoms with Crippen LogP contribution >= 0.6 is 11.6 Å². The fourth-order valence-corrected chi connectivity index (χ4v) is 1.68. The Kier molecular flexibility index (Phi) is 1.96. The molecule has 0 unspecified atom stereocenters. The van der Waals surface area contributed by atoms with Crippen molar-refractivity contribution in [3.05, 3.63) is 38.9 Å². The molecule has 1 fully saturated rings. The van der Waals surface area contributed by atoms with Gasteiger partial charge in [-0.1, -0.05) is 17.7 Å². The number of benzene rings is 1. The van der Waals surface area contributed by atoms with Crippen LogP contribution in [0.3, 0.4) is 0 Å². The van der Waals surface area contributed by atoms with E-state index in [1.165, 1.54) is 12.1 Å². The lowest BCUT2D eigenvalue weighted by Crippen LogP contribution is -1.89. The first kappa shape index (κ1) is 8.51. The van der Waals surface area contributed by atoms with E-state index in [0.29, 0.717) is 10.9 Å². The van der Waals surface area contributed by atoms with Crippen LogP contribution in [0, 0.1) is 10.1 Å². The summed E-state index contributed by atoms with van der Waals surface area (Å²) < 4.78 is 0. The molecule has 0 aliphatic heterocycles. The Labute approximate surface area is 80.5 Å². The number of halogens is 1. The zero-order chi connectivity index (χ0) is 9.42. The molecule has 4 heteroatoms. The first-order valence-corrected chi connectivity index (χ1v) is 4.50. The maximum Gasteiger partial charge on any atom is 0.270 e. The Morgan fingerprint density at radius 3 is 2.62 bits per heavy atom. The summed E-state index contributed by atoms with van der Waals surface area (Å²) in [6, 6.07) is 4.70. The Morgan fingerprint density at radius 2 is 2.15 bits per heavy atom. The van der Waals surface area contributed by atoms with Crippen LogP contribution in [0.5, 0.6) is 0 Å². The van der Waals surface area contributed by atoms with Gasteiger partial charge in [0.2, 0.25) is 0 Å². The van der Waals surface area contributed by atoms with Gasteiger partial charge < -0.3 is 0 Å². The van der Waals surface area contributed by atoms with Gasteiger partial charge in [0.1, 0.15) is 0 Å². The lowest BCUT2D eigenvalue weighted by Gasteiger charge is -2.00. The second-order valence-electron chi connectivity index (χ2n) is 3.24. The lowest BCUT2D eigenvalue weighted by molar-refractivity contribution is -0.384. The molecule has 13 heavy (non-hydrogen) atoms. The Balaban J connectivity index is 2.36. The van der Waals surface area contributed by atoms with Crippen LogP contribution in [0.25, 0.3) is 0 Å². The van der Waals surface area contributed by atoms with Gasteiger partial charge in [0.25, 0.3) is 5.69 Å². The topological polar surface area (TPSA) is 43.1 Å². The third kappa shape index (κ3) is 1.65. The molecule has 0 saturated heterocycles. The zero-order valence-corrected chi connectivity index (χ0v) is 7.62. The molecule has 1 aliphatic rings. The van der Waals surface area contributed by atoms with E-state index in [-0.39, 0.29) is 5.69 Å². The smallest absolute Gasteiger partial charge is 0.258 e. The Hall–Kier alpha value is -1.09. The standard InChI is InChI=1S/C9H8ClNO2/c10-9-5-7(11(12)13)3-4-8(9)6-1-2-6/h3-6H,1-2H2. The molecule has 0 radical (unpaired) electrons. The molecular formula is C9H8ClNO2. The lowest BCUT2D eigenvalue weighted by atomic mass is 10.1. The largest absolute Gasteiger partial charge is 0.270 e. The number of nitrogens with zero attached hydrogens (tertiary/aromatic N) is 1. The first-order chi connectivity index (χ1) is 6.18. The maximum atomic E-state index is 10.4. The maximum absolute atomic E-state index is 10.4. The predicted molar refractivity (Wildman–Crippen MR) is 50.1 cm³/mol. The van der Waals surface area contributed by atoms with E-state index in [4.69, 9.17) is 11.6 Å². The van der Waals surface area contributed by atoms with Crippen molar-refractivity contribution in [2.45, 2.75) is 18.8 Å². The summed E-state index contributed by atoms with van der Waals surface area (Å²) in [5.41, 5.74) is 1.11. The third-order valence-electron chi connectivity index (χ3n) is 2.21. The molecule has 0 aromatic heterocycles. The van der Waals surface area contributed by atoms with Crippen LogP contribution in [-0.4, -0.2) is 4.92 Å². The van der Waals surface area contributed by atoms with Crippen molar-refractivity contribution in [2.24, 2.45) is 0 Å². The summed E-state index contributed by atoms with van der Waals surface area (Å²) in [6.07, 6.45) is 2.30. The predicted octanol–water partition coefficient (Wildman–Crippen LogP) is 3.13. The normalized spacial score (nSPS) is 15.8. The molecule has 0 bridgehead atoms. The average molecular weight is 198 g/mol. The summed E-state index contributed by atoms with van der Waals surface area (Å²) >= 11 is 5.90. The minimum atomic E-state index is -0.428. The van der Waals surface area contributed by atoms with Crippen LogP contribution < -0.4 is 0 Å². The van der Waals surface area contributed by atoms with E-state index in [0.717, 1.165) is 18.4 Å². The highest BCUT2D eigenvalue weighted by molar-refractivity contribution is 6.31. The summed E-state index contributed by atoms with van der Waals surface area (Å²) in [5, 5.41) is 10.9. The zero-order valence-electron chi connectivity index (χ0n) is 6.87. The summed E-state index contributed by atoms with van der Waals surface area (Å²) in [6.45, 7) is 0. The van der Waals surface area contributed by atoms with Crippen molar-refractivity contribution in [3.8, 4) is 0 Å². The van der Waals surface area contributed by atoms with Crippen LogP contribution in [0.1, 0.15) is 24.3 Å². The molecule has 2 rings (SSSR count). The molecular weight excluding hydrogens is 190 g/mol. The molecule has 1 saturated carbocycles. The van der Waals surface area contributed by atoms with Crippen molar-refractivity contribution in [2.75, 3.05) is 0 Å². The van der Waals surface area contributed by atoms with Crippen LogP contribution in [0.2, 0.25) is 5.02 Å². The van der Waals surface area contributed by atoms with Gasteiger partial charge in [0.05, 0.1) is 9.95 Å². The van der Waals surface area contributed by atoms with Crippen molar-refractivity contribution in [1.29, 1.82) is 0 Å². The quantitative estimate of drug-likeness (QED) is 0.540. The molecule has 0 spiro atoms. The van der Waals surface area contributed by atoms with Gasteiger partial charge in [-0.25, -0.2) is 0 Å². The SMILES string of the molecule is O=[N+]([O-])c1ccc(C2CC2)c(Cl)c1. The van der Waals surface area contributed by atoms with E-state index in [1.54, 1.807) is 6.07 Å². The number of rotatable bonds is 2. The molecule has 0 heterocycles. The third-order valence-corrected chi connectivity index (χ3v) is 2.54. The van der Waals surface area contributed by atoms with E-state index in [2.05, 4.69) is 0 Å². The second-order valence-corrected chi connectivity index (χ2v) is 3.64. The Morgan fingerprint density at radius 1 is 1.46 bits per heavy atom. The van der Waals surface area contributed by atoms with Crippen molar-refractivity contribution < 1.29 is 4.92 Å². The van der Waals surface area contributed by atoms with Gasteiger partial charge in [0.15, 0.2) is 0 Å². The van der Waals surface area contributed by atoms with Crippen molar-refractivity contribution >= 4 is 17.3 Å². The molecule has 3 nitrogen and oxygen atoms in total.